The van der Waals surface area contributed by atoms with Gasteiger partial charge >= 0.3 is 5.97 Å². The maximum atomic E-state index is 13.5. The van der Waals surface area contributed by atoms with Crippen molar-refractivity contribution in [2.45, 2.75) is 25.3 Å². The van der Waals surface area contributed by atoms with Crippen LogP contribution in [0.3, 0.4) is 0 Å². The molecule has 0 saturated carbocycles. The van der Waals surface area contributed by atoms with E-state index in [0.717, 1.165) is 5.56 Å². The summed E-state index contributed by atoms with van der Waals surface area (Å²) < 4.78 is 18.4. The number of hydrogen-bond acceptors (Lipinski definition) is 3. The summed E-state index contributed by atoms with van der Waals surface area (Å²) in [5.74, 6) is -0.750. The highest BCUT2D eigenvalue weighted by Crippen LogP contribution is 2.31. The molecule has 1 aromatic carbocycles. The molecule has 0 heterocycles. The molecule has 0 aliphatic heterocycles. The summed E-state index contributed by atoms with van der Waals surface area (Å²) in [5, 5.41) is 0. The van der Waals surface area contributed by atoms with Gasteiger partial charge in [0.15, 0.2) is 0 Å². The van der Waals surface area contributed by atoms with Crippen LogP contribution in [0.15, 0.2) is 18.2 Å². The van der Waals surface area contributed by atoms with Gasteiger partial charge in [0.05, 0.1) is 6.61 Å². The van der Waals surface area contributed by atoms with Gasteiger partial charge in [-0.25, -0.2) is 4.39 Å². The molecule has 1 aliphatic carbocycles. The summed E-state index contributed by atoms with van der Waals surface area (Å²) in [5.41, 5.74) is 6.21. The molecule has 1 aliphatic rings. The molecule has 2 N–H and O–H groups in total. The van der Waals surface area contributed by atoms with Crippen molar-refractivity contribution in [3.8, 4) is 0 Å². The Hall–Kier alpha value is -1.42. The summed E-state index contributed by atoms with van der Waals surface area (Å²) in [4.78, 5) is 11.7. The number of halogens is 1. The predicted octanol–water partition coefficient (Wildman–Crippen LogP) is 1.18. The Bertz CT molecular complexity index is 433. The number of carbonyl (C=O) groups excluding carboxylic acids is 1. The van der Waals surface area contributed by atoms with Crippen LogP contribution in [0.2, 0.25) is 0 Å². The normalized spacial score (nSPS) is 22.9. The number of fused-ring (bicyclic) bond motifs is 1. The average molecular weight is 223 g/mol. The molecule has 0 saturated heterocycles. The van der Waals surface area contributed by atoms with Gasteiger partial charge in [-0.05, 0) is 24.1 Å². The summed E-state index contributed by atoms with van der Waals surface area (Å²) in [6.07, 6.45) is 0.562. The van der Waals surface area contributed by atoms with E-state index in [0.29, 0.717) is 12.0 Å². The molecule has 0 aromatic heterocycles. The molecule has 0 amide bonds. The van der Waals surface area contributed by atoms with E-state index in [1.54, 1.807) is 19.1 Å². The van der Waals surface area contributed by atoms with E-state index in [-0.39, 0.29) is 18.8 Å². The van der Waals surface area contributed by atoms with Crippen LogP contribution < -0.4 is 5.73 Å². The van der Waals surface area contributed by atoms with Crippen LogP contribution in [0.25, 0.3) is 0 Å². The molecule has 1 unspecified atom stereocenters. The quantitative estimate of drug-likeness (QED) is 0.766. The Morgan fingerprint density at radius 3 is 2.94 bits per heavy atom. The molecule has 86 valence electrons. The molecule has 0 spiro atoms. The van der Waals surface area contributed by atoms with Crippen molar-refractivity contribution in [2.24, 2.45) is 5.73 Å². The molecule has 3 nitrogen and oxygen atoms in total. The summed E-state index contributed by atoms with van der Waals surface area (Å²) in [6.45, 7) is 2.01. The lowest BCUT2D eigenvalue weighted by molar-refractivity contribution is -0.149. The lowest BCUT2D eigenvalue weighted by Gasteiger charge is -2.20. The third kappa shape index (κ3) is 1.69. The third-order valence-corrected chi connectivity index (χ3v) is 2.90. The van der Waals surface area contributed by atoms with Crippen LogP contribution in [0.5, 0.6) is 0 Å². The number of rotatable bonds is 2. The number of nitrogens with two attached hydrogens (primary N) is 1. The standard InChI is InChI=1S/C12H14FNO2/c1-2-16-11(15)12(14)6-8-4-3-5-10(13)9(8)7-12/h3-5H,2,6-7,14H2,1H3. The summed E-state index contributed by atoms with van der Waals surface area (Å²) in [6, 6.07) is 4.81. The van der Waals surface area contributed by atoms with Crippen molar-refractivity contribution in [3.63, 3.8) is 0 Å². The maximum Gasteiger partial charge on any atom is 0.326 e. The molecule has 16 heavy (non-hydrogen) atoms. The van der Waals surface area contributed by atoms with Gasteiger partial charge in [0.25, 0.3) is 0 Å². The Morgan fingerprint density at radius 2 is 2.31 bits per heavy atom. The van der Waals surface area contributed by atoms with Gasteiger partial charge in [0.1, 0.15) is 11.4 Å². The number of carbonyl (C=O) groups is 1. The zero-order chi connectivity index (χ0) is 11.8. The maximum absolute atomic E-state index is 13.5. The first-order valence-corrected chi connectivity index (χ1v) is 5.29. The van der Waals surface area contributed by atoms with Gasteiger partial charge in [-0.2, -0.15) is 0 Å². The number of hydrogen-bond donors (Lipinski definition) is 1. The van der Waals surface area contributed by atoms with Gasteiger partial charge in [-0.15, -0.1) is 0 Å². The number of ether oxygens (including phenoxy) is 1. The van der Waals surface area contributed by atoms with Crippen LogP contribution in [0.1, 0.15) is 18.1 Å². The Labute approximate surface area is 93.4 Å². The van der Waals surface area contributed by atoms with Crippen LogP contribution in [-0.4, -0.2) is 18.1 Å². The highest BCUT2D eigenvalue weighted by molar-refractivity contribution is 5.82. The second-order valence-electron chi connectivity index (χ2n) is 4.11. The largest absolute Gasteiger partial charge is 0.465 e. The second-order valence-corrected chi connectivity index (χ2v) is 4.11. The summed E-state index contributed by atoms with van der Waals surface area (Å²) >= 11 is 0. The van der Waals surface area contributed by atoms with E-state index in [9.17, 15) is 9.18 Å². The first kappa shape index (κ1) is 11.1. The second kappa shape index (κ2) is 3.87. The van der Waals surface area contributed by atoms with Crippen LogP contribution in [-0.2, 0) is 22.4 Å². The topological polar surface area (TPSA) is 52.3 Å². The van der Waals surface area contributed by atoms with Gasteiger partial charge in [0, 0.05) is 12.8 Å². The number of esters is 1. The molecule has 2 rings (SSSR count). The smallest absolute Gasteiger partial charge is 0.326 e. The monoisotopic (exact) mass is 223 g/mol. The molecular formula is C12H14FNO2. The van der Waals surface area contributed by atoms with Crippen molar-refractivity contribution < 1.29 is 13.9 Å². The number of benzene rings is 1. The van der Waals surface area contributed by atoms with E-state index in [2.05, 4.69) is 0 Å². The van der Waals surface area contributed by atoms with Crippen LogP contribution >= 0.6 is 0 Å². The van der Waals surface area contributed by atoms with Crippen LogP contribution in [0, 0.1) is 5.82 Å². The molecule has 1 atom stereocenters. The molecule has 0 bridgehead atoms. The molecule has 1 aromatic rings. The zero-order valence-corrected chi connectivity index (χ0v) is 9.13. The van der Waals surface area contributed by atoms with Gasteiger partial charge in [0.2, 0.25) is 0 Å². The lowest BCUT2D eigenvalue weighted by atomic mass is 9.97. The van der Waals surface area contributed by atoms with E-state index in [1.165, 1.54) is 6.07 Å². The molecular weight excluding hydrogens is 209 g/mol. The Balaban J connectivity index is 2.27. The SMILES string of the molecule is CCOC(=O)C1(N)Cc2cccc(F)c2C1. The highest BCUT2D eigenvalue weighted by Gasteiger charge is 2.42. The van der Waals surface area contributed by atoms with Crippen molar-refractivity contribution in [2.75, 3.05) is 6.61 Å². The van der Waals surface area contributed by atoms with E-state index < -0.39 is 11.5 Å². The predicted molar refractivity (Wildman–Crippen MR) is 57.4 cm³/mol. The minimum atomic E-state index is -1.10. The third-order valence-electron chi connectivity index (χ3n) is 2.90. The minimum Gasteiger partial charge on any atom is -0.465 e. The lowest BCUT2D eigenvalue weighted by Crippen LogP contribution is -2.50. The molecule has 0 fully saturated rings. The van der Waals surface area contributed by atoms with E-state index in [1.807, 2.05) is 0 Å². The fourth-order valence-electron chi connectivity index (χ4n) is 2.10. The van der Waals surface area contributed by atoms with Crippen molar-refractivity contribution in [1.82, 2.24) is 0 Å². The zero-order valence-electron chi connectivity index (χ0n) is 9.13. The average Bonchev–Trinajstić information content (AvgIpc) is 2.58. The van der Waals surface area contributed by atoms with Crippen molar-refractivity contribution in [3.05, 3.63) is 35.1 Å². The Kier molecular flexibility index (Phi) is 2.68. The fourth-order valence-corrected chi connectivity index (χ4v) is 2.10. The van der Waals surface area contributed by atoms with Crippen molar-refractivity contribution in [1.29, 1.82) is 0 Å². The summed E-state index contributed by atoms with van der Waals surface area (Å²) in [7, 11) is 0. The first-order valence-electron chi connectivity index (χ1n) is 5.29. The van der Waals surface area contributed by atoms with Crippen LogP contribution in [0.4, 0.5) is 4.39 Å². The van der Waals surface area contributed by atoms with Gasteiger partial charge in [-0.3, -0.25) is 4.79 Å². The molecule has 4 heteroatoms. The highest BCUT2D eigenvalue weighted by atomic mass is 19.1. The van der Waals surface area contributed by atoms with Gasteiger partial charge < -0.3 is 10.5 Å². The fraction of sp³-hybridized carbons (Fsp3) is 0.417. The van der Waals surface area contributed by atoms with Crippen molar-refractivity contribution >= 4 is 5.97 Å². The van der Waals surface area contributed by atoms with E-state index >= 15 is 0 Å². The van der Waals surface area contributed by atoms with E-state index in [4.69, 9.17) is 10.5 Å². The molecule has 0 radical (unpaired) electrons. The minimum absolute atomic E-state index is 0.216. The van der Waals surface area contributed by atoms with Gasteiger partial charge in [-0.1, -0.05) is 12.1 Å². The Morgan fingerprint density at radius 1 is 1.56 bits per heavy atom. The first-order chi connectivity index (χ1) is 7.57.